The fourth-order valence-corrected chi connectivity index (χ4v) is 11.3. The van der Waals surface area contributed by atoms with Crippen LogP contribution in [-0.2, 0) is 14.3 Å². The Morgan fingerprint density at radius 2 is 0.617 bits per heavy atom. The summed E-state index contributed by atoms with van der Waals surface area (Å²) in [5.41, 5.74) is 0. The van der Waals surface area contributed by atoms with Gasteiger partial charge in [0, 0.05) is 12.8 Å². The van der Waals surface area contributed by atoms with Gasteiger partial charge in [0.25, 0.3) is 0 Å². The smallest absolute Gasteiger partial charge is 0.305 e. The monoisotopic (exact) mass is 1140 g/mol. The molecule has 476 valence electrons. The van der Waals surface area contributed by atoms with Gasteiger partial charge in [0.1, 0.15) is 0 Å². The summed E-state index contributed by atoms with van der Waals surface area (Å²) in [7, 11) is 0. The molecule has 0 aliphatic carbocycles. The highest BCUT2D eigenvalue weighted by Crippen LogP contribution is 2.18. The maximum Gasteiger partial charge on any atom is 0.305 e. The van der Waals surface area contributed by atoms with Crippen LogP contribution in [0.2, 0.25) is 0 Å². The number of rotatable bonds is 68. The van der Waals surface area contributed by atoms with Crippen LogP contribution in [0.25, 0.3) is 0 Å². The van der Waals surface area contributed by atoms with Crippen LogP contribution in [0.1, 0.15) is 393 Å². The summed E-state index contributed by atoms with van der Waals surface area (Å²) in [6.07, 6.45) is 91.9. The van der Waals surface area contributed by atoms with Gasteiger partial charge < -0.3 is 20.3 Å². The highest BCUT2D eigenvalue weighted by atomic mass is 16.5. The summed E-state index contributed by atoms with van der Waals surface area (Å²) in [6.45, 7) is 4.90. The van der Waals surface area contributed by atoms with E-state index in [0.717, 1.165) is 51.4 Å². The molecule has 0 radical (unpaired) electrons. The second-order valence-electron chi connectivity index (χ2n) is 24.9. The number of carbonyl (C=O) groups excluding carboxylic acids is 2. The molecule has 6 nitrogen and oxygen atoms in total. The van der Waals surface area contributed by atoms with Crippen LogP contribution in [0, 0.1) is 0 Å². The van der Waals surface area contributed by atoms with Crippen LogP contribution in [-0.4, -0.2) is 47.4 Å². The summed E-state index contributed by atoms with van der Waals surface area (Å²) in [5.74, 6) is -0.0662. The van der Waals surface area contributed by atoms with Crippen molar-refractivity contribution in [2.75, 3.05) is 13.2 Å². The van der Waals surface area contributed by atoms with Crippen molar-refractivity contribution in [3.05, 3.63) is 48.6 Å². The molecule has 0 bridgehead atoms. The van der Waals surface area contributed by atoms with Gasteiger partial charge in [0.2, 0.25) is 5.91 Å². The predicted molar refractivity (Wildman–Crippen MR) is 356 cm³/mol. The highest BCUT2D eigenvalue weighted by Gasteiger charge is 2.18. The van der Waals surface area contributed by atoms with Crippen LogP contribution in [0.5, 0.6) is 0 Å². The van der Waals surface area contributed by atoms with E-state index in [0.29, 0.717) is 19.4 Å². The molecule has 2 unspecified atom stereocenters. The van der Waals surface area contributed by atoms with Gasteiger partial charge in [-0.25, -0.2) is 0 Å². The van der Waals surface area contributed by atoms with Crippen molar-refractivity contribution in [1.29, 1.82) is 0 Å². The van der Waals surface area contributed by atoms with Crippen molar-refractivity contribution in [1.82, 2.24) is 5.32 Å². The van der Waals surface area contributed by atoms with Gasteiger partial charge in [-0.1, -0.05) is 339 Å². The van der Waals surface area contributed by atoms with Crippen molar-refractivity contribution in [3.8, 4) is 0 Å². The molecule has 6 heteroatoms. The van der Waals surface area contributed by atoms with E-state index in [1.54, 1.807) is 6.08 Å². The van der Waals surface area contributed by atoms with E-state index in [4.69, 9.17) is 4.74 Å². The molecule has 0 saturated carbocycles. The Kier molecular flexibility index (Phi) is 68.4. The fourth-order valence-electron chi connectivity index (χ4n) is 11.3. The number of ether oxygens (including phenoxy) is 1. The van der Waals surface area contributed by atoms with Crippen molar-refractivity contribution < 1.29 is 24.5 Å². The number of amides is 1. The van der Waals surface area contributed by atoms with E-state index in [1.165, 1.54) is 315 Å². The van der Waals surface area contributed by atoms with Crippen molar-refractivity contribution in [3.63, 3.8) is 0 Å². The van der Waals surface area contributed by atoms with Gasteiger partial charge in [-0.15, -0.1) is 0 Å². The third kappa shape index (κ3) is 66.8. The molecule has 0 spiro atoms. The van der Waals surface area contributed by atoms with E-state index in [9.17, 15) is 19.8 Å². The van der Waals surface area contributed by atoms with Crippen molar-refractivity contribution in [2.45, 2.75) is 405 Å². The average molecular weight is 1140 g/mol. The standard InChI is InChI=1S/C75H141NO5/c1-3-5-7-9-11-13-15-17-19-20-21-22-27-30-33-36-40-43-47-51-55-59-63-67-73(78)72(71-77)76-74(79)68-64-60-56-52-48-44-41-37-34-31-28-25-23-24-26-29-32-35-38-42-46-50-54-58-62-66-70-81-75(80)69-65-61-57-53-49-45-39-18-16-14-12-10-8-6-4-2/h12,14,18,23,25,39,63,67,72-73,77-78H,3-11,13,15-17,19-22,24,26-38,40-62,64-66,68-71H2,1-2H3,(H,76,79)/b14-12-,25-23-,39-18-,67-63+. The molecule has 0 heterocycles. The Hall–Kier alpha value is -2.18. The number of esters is 1. The van der Waals surface area contributed by atoms with Crippen LogP contribution < -0.4 is 5.32 Å². The summed E-state index contributed by atoms with van der Waals surface area (Å²) in [5, 5.41) is 23.3. The summed E-state index contributed by atoms with van der Waals surface area (Å²) in [4.78, 5) is 24.6. The van der Waals surface area contributed by atoms with Gasteiger partial charge in [-0.3, -0.25) is 9.59 Å². The number of unbranched alkanes of at least 4 members (excludes halogenated alkanes) is 51. The van der Waals surface area contributed by atoms with Crippen LogP contribution in [0.15, 0.2) is 48.6 Å². The highest BCUT2D eigenvalue weighted by molar-refractivity contribution is 5.76. The molecule has 0 rings (SSSR count). The lowest BCUT2D eigenvalue weighted by Crippen LogP contribution is -2.45. The maximum absolute atomic E-state index is 12.5. The van der Waals surface area contributed by atoms with Gasteiger partial charge in [0.15, 0.2) is 0 Å². The number of aliphatic hydroxyl groups is 2. The topological polar surface area (TPSA) is 95.9 Å². The molecule has 81 heavy (non-hydrogen) atoms. The Bertz CT molecular complexity index is 1360. The maximum atomic E-state index is 12.5. The Morgan fingerprint density at radius 1 is 0.346 bits per heavy atom. The lowest BCUT2D eigenvalue weighted by Gasteiger charge is -2.20. The Balaban J connectivity index is 3.43. The lowest BCUT2D eigenvalue weighted by atomic mass is 10.0. The number of nitrogens with one attached hydrogen (secondary N) is 1. The predicted octanol–water partition coefficient (Wildman–Crippen LogP) is 23.6. The SMILES string of the molecule is CCCCC/C=C\C/C=C\CCCCCCCC(=O)OCCCCCCCCCCCCCC/C=C\CCCCCCCCCCCCC(=O)NC(CO)C(O)/C=C/CCCCCCCCCCCCCCCCCCCCCCC. The molecule has 0 aliphatic rings. The minimum absolute atomic E-state index is 0.000154. The van der Waals surface area contributed by atoms with Crippen molar-refractivity contribution in [2.24, 2.45) is 0 Å². The minimum Gasteiger partial charge on any atom is -0.466 e. The van der Waals surface area contributed by atoms with E-state index in [1.807, 2.05) is 6.08 Å². The van der Waals surface area contributed by atoms with Gasteiger partial charge in [0.05, 0.1) is 25.4 Å². The van der Waals surface area contributed by atoms with Crippen LogP contribution in [0.4, 0.5) is 0 Å². The van der Waals surface area contributed by atoms with Crippen LogP contribution in [0.3, 0.4) is 0 Å². The molecule has 1 amide bonds. The molecule has 0 aromatic carbocycles. The second kappa shape index (κ2) is 70.3. The minimum atomic E-state index is -0.848. The van der Waals surface area contributed by atoms with Crippen molar-refractivity contribution >= 4 is 11.9 Å². The quantitative estimate of drug-likeness (QED) is 0.0320. The molecule has 0 aromatic rings. The summed E-state index contributed by atoms with van der Waals surface area (Å²) >= 11 is 0. The zero-order valence-corrected chi connectivity index (χ0v) is 54.5. The molecule has 3 N–H and O–H groups in total. The Labute approximate surface area is 506 Å². The molecule has 0 fully saturated rings. The zero-order valence-electron chi connectivity index (χ0n) is 54.5. The Morgan fingerprint density at radius 3 is 0.975 bits per heavy atom. The molecule has 0 aromatic heterocycles. The third-order valence-electron chi connectivity index (χ3n) is 16.8. The fraction of sp³-hybridized carbons (Fsp3) is 0.867. The number of allylic oxidation sites excluding steroid dienone is 7. The number of hydrogen-bond acceptors (Lipinski definition) is 5. The number of aliphatic hydroxyl groups excluding tert-OH is 2. The first-order valence-electron chi connectivity index (χ1n) is 36.4. The number of carbonyl (C=O) groups is 2. The van der Waals surface area contributed by atoms with E-state index in [-0.39, 0.29) is 18.5 Å². The first kappa shape index (κ1) is 78.8. The van der Waals surface area contributed by atoms with Crippen LogP contribution >= 0.6 is 0 Å². The summed E-state index contributed by atoms with van der Waals surface area (Å²) in [6, 6.07) is -0.631. The number of hydrogen-bond donors (Lipinski definition) is 3. The van der Waals surface area contributed by atoms with Gasteiger partial charge >= 0.3 is 5.97 Å². The van der Waals surface area contributed by atoms with Gasteiger partial charge in [-0.05, 0) is 89.9 Å². The largest absolute Gasteiger partial charge is 0.466 e. The molecule has 0 saturated heterocycles. The average Bonchev–Trinajstić information content (AvgIpc) is 3.47. The summed E-state index contributed by atoms with van der Waals surface area (Å²) < 4.78 is 5.48. The molecular weight excluding hydrogens is 995 g/mol. The molecule has 2 atom stereocenters. The molecular formula is C75H141NO5. The first-order chi connectivity index (χ1) is 40.0. The van der Waals surface area contributed by atoms with E-state index >= 15 is 0 Å². The van der Waals surface area contributed by atoms with E-state index in [2.05, 4.69) is 55.6 Å². The molecule has 0 aliphatic heterocycles. The first-order valence-corrected chi connectivity index (χ1v) is 36.4. The zero-order chi connectivity index (χ0) is 58.5. The second-order valence-corrected chi connectivity index (χ2v) is 24.9. The lowest BCUT2D eigenvalue weighted by molar-refractivity contribution is -0.143. The van der Waals surface area contributed by atoms with Gasteiger partial charge in [-0.2, -0.15) is 0 Å². The third-order valence-corrected chi connectivity index (χ3v) is 16.8. The van der Waals surface area contributed by atoms with E-state index < -0.39 is 12.1 Å². The normalized spacial score (nSPS) is 12.8.